The van der Waals surface area contributed by atoms with Gasteiger partial charge in [-0.1, -0.05) is 12.2 Å². The molecule has 12 heavy (non-hydrogen) atoms. The number of nitrogens with zero attached hydrogens (tertiary/aromatic N) is 1. The molecule has 0 aromatic heterocycles. The molecule has 0 saturated carbocycles. The smallest absolute Gasteiger partial charge is 0.323 e. The van der Waals surface area contributed by atoms with Crippen LogP contribution in [0.25, 0.3) is 0 Å². The Bertz CT molecular complexity index is 288. The van der Waals surface area contributed by atoms with Gasteiger partial charge in [0.15, 0.2) is 5.04 Å². The summed E-state index contributed by atoms with van der Waals surface area (Å²) in [7, 11) is 0. The number of carbonyl (C=O) groups excluding carboxylic acids is 1. The number of carbonyl (C=O) groups is 2. The topological polar surface area (TPSA) is 81.5 Å². The maximum Gasteiger partial charge on any atom is 0.323 e. The lowest BCUT2D eigenvalue weighted by Gasteiger charge is -2.09. The Morgan fingerprint density at radius 3 is 2.67 bits per heavy atom. The van der Waals surface area contributed by atoms with Crippen molar-refractivity contribution >= 4 is 45.2 Å². The third-order valence-corrected chi connectivity index (χ3v) is 2.39. The number of thiocarbonyl (C=S) groups is 1. The second-order valence-electron chi connectivity index (χ2n) is 1.98. The maximum absolute atomic E-state index is 11.0. The normalized spacial score (nSPS) is 17.3. The molecule has 0 unspecified atom stereocenters. The number of hydrogen-bond acceptors (Lipinski definition) is 5. The second kappa shape index (κ2) is 3.20. The van der Waals surface area contributed by atoms with Crippen LogP contribution < -0.4 is 0 Å². The van der Waals surface area contributed by atoms with E-state index in [1.807, 2.05) is 0 Å². The van der Waals surface area contributed by atoms with Gasteiger partial charge in [-0.3, -0.25) is 19.9 Å². The molecule has 64 valence electrons. The summed E-state index contributed by atoms with van der Waals surface area (Å²) in [4.78, 5) is 22.1. The molecular weight excluding hydrogens is 200 g/mol. The Kier molecular flexibility index (Phi) is 2.43. The zero-order valence-corrected chi connectivity index (χ0v) is 7.37. The molecule has 2 N–H and O–H groups in total. The molecule has 0 bridgehead atoms. The van der Waals surface area contributed by atoms with Crippen molar-refractivity contribution in [3.8, 4) is 0 Å². The largest absolute Gasteiger partial charge is 0.480 e. The third-order valence-electron chi connectivity index (χ3n) is 1.14. The highest BCUT2D eigenvalue weighted by Gasteiger charge is 2.33. The van der Waals surface area contributed by atoms with Gasteiger partial charge in [-0.25, -0.2) is 0 Å². The average molecular weight is 204 g/mol. The zero-order chi connectivity index (χ0) is 9.30. The van der Waals surface area contributed by atoms with Crippen molar-refractivity contribution in [3.05, 3.63) is 0 Å². The first kappa shape index (κ1) is 9.14. The maximum atomic E-state index is 11.0. The van der Waals surface area contributed by atoms with E-state index in [2.05, 4.69) is 12.2 Å². The summed E-state index contributed by atoms with van der Waals surface area (Å²) in [5, 5.41) is 15.2. The van der Waals surface area contributed by atoms with Crippen LogP contribution in [0.5, 0.6) is 0 Å². The van der Waals surface area contributed by atoms with Crippen molar-refractivity contribution in [1.29, 1.82) is 5.41 Å². The molecule has 0 aromatic carbocycles. The van der Waals surface area contributed by atoms with E-state index in [0.717, 1.165) is 16.7 Å². The van der Waals surface area contributed by atoms with Crippen LogP contribution in [0, 0.1) is 5.41 Å². The number of hydrogen-bond donors (Lipinski definition) is 2. The third kappa shape index (κ3) is 1.62. The lowest BCUT2D eigenvalue weighted by molar-refractivity contribution is -0.139. The molecule has 1 aliphatic rings. The molecule has 5 nitrogen and oxygen atoms in total. The van der Waals surface area contributed by atoms with Crippen molar-refractivity contribution in [1.82, 2.24) is 4.90 Å². The van der Waals surface area contributed by atoms with Gasteiger partial charge in [0.2, 0.25) is 0 Å². The van der Waals surface area contributed by atoms with Gasteiger partial charge >= 0.3 is 5.97 Å². The fourth-order valence-corrected chi connectivity index (χ4v) is 1.69. The summed E-state index contributed by atoms with van der Waals surface area (Å²) in [6.07, 6.45) is 0. The molecule has 1 rings (SSSR count). The van der Waals surface area contributed by atoms with Crippen molar-refractivity contribution in [2.45, 2.75) is 0 Å². The molecule has 0 aliphatic carbocycles. The monoisotopic (exact) mass is 204 g/mol. The predicted molar refractivity (Wildman–Crippen MR) is 47.3 cm³/mol. The summed E-state index contributed by atoms with van der Waals surface area (Å²) < 4.78 is 0.132. The minimum Gasteiger partial charge on any atom is -0.480 e. The predicted octanol–water partition coefficient (Wildman–Crippen LogP) is -0.0914. The number of nitrogens with one attached hydrogen (secondary N) is 1. The first-order chi connectivity index (χ1) is 5.52. The molecule has 1 heterocycles. The van der Waals surface area contributed by atoms with E-state index < -0.39 is 18.4 Å². The Hall–Kier alpha value is -0.950. The van der Waals surface area contributed by atoms with Crippen molar-refractivity contribution < 1.29 is 14.7 Å². The quantitative estimate of drug-likeness (QED) is 0.614. The number of rotatable bonds is 2. The van der Waals surface area contributed by atoms with E-state index in [-0.39, 0.29) is 9.36 Å². The van der Waals surface area contributed by atoms with Gasteiger partial charge in [-0.05, 0) is 11.8 Å². The molecule has 0 spiro atoms. The fraction of sp³-hybridized carbons (Fsp3) is 0.200. The van der Waals surface area contributed by atoms with Gasteiger partial charge in [0.25, 0.3) is 5.91 Å². The highest BCUT2D eigenvalue weighted by Crippen LogP contribution is 2.20. The van der Waals surface area contributed by atoms with Crippen LogP contribution in [0.2, 0.25) is 0 Å². The molecule has 1 aliphatic heterocycles. The minimum absolute atomic E-state index is 0.132. The van der Waals surface area contributed by atoms with Crippen LogP contribution in [-0.2, 0) is 9.59 Å². The number of amides is 1. The second-order valence-corrected chi connectivity index (χ2v) is 3.63. The molecule has 0 radical (unpaired) electrons. The summed E-state index contributed by atoms with van der Waals surface area (Å²) >= 11 is 5.48. The van der Waals surface area contributed by atoms with Gasteiger partial charge in [-0.2, -0.15) is 0 Å². The number of carboxylic acid groups (broad SMARTS) is 1. The SMILES string of the molecule is N=C1SC(=S)N(CC(=O)O)C1=O. The van der Waals surface area contributed by atoms with Crippen LogP contribution in [0.1, 0.15) is 0 Å². The molecule has 7 heteroatoms. The average Bonchev–Trinajstić information content (AvgIpc) is 2.16. The van der Waals surface area contributed by atoms with Crippen LogP contribution >= 0.6 is 24.0 Å². The van der Waals surface area contributed by atoms with Crippen molar-refractivity contribution in [3.63, 3.8) is 0 Å². The molecule has 1 fully saturated rings. The molecule has 1 amide bonds. The highest BCUT2D eigenvalue weighted by atomic mass is 32.2. The van der Waals surface area contributed by atoms with Gasteiger partial charge in [0, 0.05) is 0 Å². The summed E-state index contributed by atoms with van der Waals surface area (Å²) in [5.41, 5.74) is 0. The summed E-state index contributed by atoms with van der Waals surface area (Å²) in [6.45, 7) is -0.465. The number of carboxylic acids is 1. The Labute approximate surface area is 77.2 Å². The fourth-order valence-electron chi connectivity index (χ4n) is 0.663. The van der Waals surface area contributed by atoms with Crippen LogP contribution in [0.3, 0.4) is 0 Å². The lowest BCUT2D eigenvalue weighted by atomic mass is 10.5. The standard InChI is InChI=1S/C5H4N2O3S2/c6-3-4(10)7(1-2(8)9)5(11)12-3/h6H,1H2,(H,8,9). The van der Waals surface area contributed by atoms with E-state index in [9.17, 15) is 9.59 Å². The van der Waals surface area contributed by atoms with E-state index in [1.165, 1.54) is 0 Å². The molecule has 0 aromatic rings. The Balaban J connectivity index is 2.77. The van der Waals surface area contributed by atoms with Gasteiger partial charge in [0.1, 0.15) is 10.9 Å². The van der Waals surface area contributed by atoms with E-state index in [4.69, 9.17) is 10.5 Å². The Morgan fingerprint density at radius 1 is 1.75 bits per heavy atom. The van der Waals surface area contributed by atoms with E-state index in [0.29, 0.717) is 0 Å². The molecular formula is C5H4N2O3S2. The van der Waals surface area contributed by atoms with Gasteiger partial charge in [0.05, 0.1) is 0 Å². The van der Waals surface area contributed by atoms with E-state index in [1.54, 1.807) is 0 Å². The van der Waals surface area contributed by atoms with Crippen molar-refractivity contribution in [2.24, 2.45) is 0 Å². The first-order valence-corrected chi connectivity index (χ1v) is 4.09. The summed E-state index contributed by atoms with van der Waals surface area (Å²) in [6, 6.07) is 0. The summed E-state index contributed by atoms with van der Waals surface area (Å²) in [5.74, 6) is -1.77. The van der Waals surface area contributed by atoms with Crippen LogP contribution in [-0.4, -0.2) is 37.8 Å². The van der Waals surface area contributed by atoms with Crippen LogP contribution in [0.4, 0.5) is 0 Å². The molecule has 1 saturated heterocycles. The minimum atomic E-state index is -1.14. The highest BCUT2D eigenvalue weighted by molar-refractivity contribution is 8.35. The van der Waals surface area contributed by atoms with E-state index >= 15 is 0 Å². The number of aliphatic carboxylic acids is 1. The zero-order valence-electron chi connectivity index (χ0n) is 5.73. The lowest BCUT2D eigenvalue weighted by Crippen LogP contribution is -2.34. The first-order valence-electron chi connectivity index (χ1n) is 2.86. The van der Waals surface area contributed by atoms with Gasteiger partial charge < -0.3 is 5.11 Å². The molecule has 0 atom stereocenters. The van der Waals surface area contributed by atoms with Crippen LogP contribution in [0.15, 0.2) is 0 Å². The van der Waals surface area contributed by atoms with Gasteiger partial charge in [-0.15, -0.1) is 0 Å². The number of thioether (sulfide) groups is 1. The Morgan fingerprint density at radius 2 is 2.33 bits per heavy atom. The van der Waals surface area contributed by atoms with Crippen molar-refractivity contribution in [2.75, 3.05) is 6.54 Å².